The monoisotopic (exact) mass is 241 g/mol. The number of amides is 1. The predicted octanol–water partition coefficient (Wildman–Crippen LogP) is 0.452. The molecule has 0 aliphatic heterocycles. The lowest BCUT2D eigenvalue weighted by molar-refractivity contribution is -0.122. The summed E-state index contributed by atoms with van der Waals surface area (Å²) in [7, 11) is 0. The third-order valence-corrected chi connectivity index (χ3v) is 2.23. The average molecular weight is 241 g/mol. The molecule has 96 valence electrons. The molecule has 1 amide bonds. The quantitative estimate of drug-likeness (QED) is 0.723. The van der Waals surface area contributed by atoms with Crippen molar-refractivity contribution in [1.29, 1.82) is 0 Å². The highest BCUT2D eigenvalue weighted by atomic mass is 16.5. The number of carbonyl (C=O) groups excluding carboxylic acids is 1. The van der Waals surface area contributed by atoms with Gasteiger partial charge in [0.2, 0.25) is 11.8 Å². The Bertz CT molecular complexity index is 351. The Labute approximate surface area is 100 Å². The highest BCUT2D eigenvalue weighted by Crippen LogP contribution is 2.03. The van der Waals surface area contributed by atoms with E-state index in [-0.39, 0.29) is 25.0 Å². The van der Waals surface area contributed by atoms with Crippen molar-refractivity contribution < 1.29 is 14.4 Å². The van der Waals surface area contributed by atoms with Gasteiger partial charge in [-0.2, -0.15) is 4.98 Å². The molecule has 1 heterocycles. The highest BCUT2D eigenvalue weighted by Gasteiger charge is 2.10. The van der Waals surface area contributed by atoms with Crippen LogP contribution in [0.2, 0.25) is 0 Å². The Morgan fingerprint density at radius 1 is 1.53 bits per heavy atom. The molecule has 6 nitrogen and oxygen atoms in total. The van der Waals surface area contributed by atoms with E-state index in [1.54, 1.807) is 6.92 Å². The Hall–Kier alpha value is -1.43. The number of nitrogens with one attached hydrogen (secondary N) is 1. The summed E-state index contributed by atoms with van der Waals surface area (Å²) in [5.74, 6) is 1.05. The average Bonchev–Trinajstić information content (AvgIpc) is 2.74. The molecule has 0 saturated heterocycles. The van der Waals surface area contributed by atoms with Crippen LogP contribution in [0.3, 0.4) is 0 Å². The third kappa shape index (κ3) is 4.95. The number of aliphatic hydroxyl groups is 1. The van der Waals surface area contributed by atoms with E-state index < -0.39 is 0 Å². The van der Waals surface area contributed by atoms with Gasteiger partial charge in [0.1, 0.15) is 0 Å². The zero-order chi connectivity index (χ0) is 12.7. The van der Waals surface area contributed by atoms with E-state index in [9.17, 15) is 4.79 Å². The summed E-state index contributed by atoms with van der Waals surface area (Å²) in [6.45, 7) is 3.72. The van der Waals surface area contributed by atoms with Crippen molar-refractivity contribution in [3.63, 3.8) is 0 Å². The second-order valence-corrected chi connectivity index (χ2v) is 4.01. The summed E-state index contributed by atoms with van der Waals surface area (Å²) >= 11 is 0. The Balaban J connectivity index is 2.31. The first-order valence-electron chi connectivity index (χ1n) is 5.87. The van der Waals surface area contributed by atoms with Gasteiger partial charge < -0.3 is 14.9 Å². The van der Waals surface area contributed by atoms with Crippen LogP contribution in [0.4, 0.5) is 0 Å². The van der Waals surface area contributed by atoms with Crippen molar-refractivity contribution in [3.8, 4) is 0 Å². The van der Waals surface area contributed by atoms with Crippen LogP contribution in [-0.4, -0.2) is 33.8 Å². The van der Waals surface area contributed by atoms with Gasteiger partial charge in [-0.1, -0.05) is 12.1 Å². The zero-order valence-corrected chi connectivity index (χ0v) is 10.3. The van der Waals surface area contributed by atoms with Gasteiger partial charge in [-0.15, -0.1) is 0 Å². The molecule has 1 rings (SSSR count). The maximum absolute atomic E-state index is 11.4. The van der Waals surface area contributed by atoms with Gasteiger partial charge in [-0.3, -0.25) is 4.79 Å². The summed E-state index contributed by atoms with van der Waals surface area (Å²) in [4.78, 5) is 15.6. The Kier molecular flexibility index (Phi) is 5.62. The number of aromatic nitrogens is 2. The summed E-state index contributed by atoms with van der Waals surface area (Å²) in [6, 6.07) is -0.221. The fraction of sp³-hybridized carbons (Fsp3) is 0.727. The first-order chi connectivity index (χ1) is 8.15. The normalized spacial score (nSPS) is 12.4. The van der Waals surface area contributed by atoms with Gasteiger partial charge in [0.05, 0.1) is 6.61 Å². The molecule has 0 unspecified atom stereocenters. The molecule has 0 fully saturated rings. The first kappa shape index (κ1) is 13.6. The smallest absolute Gasteiger partial charge is 0.227 e. The van der Waals surface area contributed by atoms with E-state index >= 15 is 0 Å². The minimum absolute atomic E-state index is 0.0626. The van der Waals surface area contributed by atoms with Crippen LogP contribution in [-0.2, 0) is 17.6 Å². The Morgan fingerprint density at radius 3 is 2.94 bits per heavy atom. The molecule has 0 spiro atoms. The maximum atomic E-state index is 11.4. The van der Waals surface area contributed by atoms with Crippen molar-refractivity contribution in [2.24, 2.45) is 0 Å². The lowest BCUT2D eigenvalue weighted by Crippen LogP contribution is -2.35. The van der Waals surface area contributed by atoms with Crippen molar-refractivity contribution in [2.45, 2.75) is 45.6 Å². The topological polar surface area (TPSA) is 88.2 Å². The maximum Gasteiger partial charge on any atom is 0.227 e. The Morgan fingerprint density at radius 2 is 2.29 bits per heavy atom. The van der Waals surface area contributed by atoms with Crippen LogP contribution in [0.1, 0.15) is 38.4 Å². The van der Waals surface area contributed by atoms with Crippen LogP contribution in [0.5, 0.6) is 0 Å². The predicted molar refractivity (Wildman–Crippen MR) is 61.3 cm³/mol. The summed E-state index contributed by atoms with van der Waals surface area (Å²) in [5.41, 5.74) is 0. The first-order valence-corrected chi connectivity index (χ1v) is 5.87. The van der Waals surface area contributed by atoms with Gasteiger partial charge in [0.15, 0.2) is 5.82 Å². The van der Waals surface area contributed by atoms with Crippen molar-refractivity contribution in [2.75, 3.05) is 6.61 Å². The molecule has 1 aromatic heterocycles. The number of aryl methyl sites for hydroxylation is 2. The number of hydrogen-bond acceptors (Lipinski definition) is 5. The van der Waals surface area contributed by atoms with E-state index in [1.807, 2.05) is 6.92 Å². The molecular weight excluding hydrogens is 222 g/mol. The van der Waals surface area contributed by atoms with Crippen LogP contribution in [0.15, 0.2) is 4.52 Å². The fourth-order valence-corrected chi connectivity index (χ4v) is 1.33. The summed E-state index contributed by atoms with van der Waals surface area (Å²) in [6.07, 6.45) is 2.48. The molecule has 0 radical (unpaired) electrons. The van der Waals surface area contributed by atoms with Gasteiger partial charge in [0.25, 0.3) is 0 Å². The number of hydrogen-bond donors (Lipinski definition) is 2. The fourth-order valence-electron chi connectivity index (χ4n) is 1.33. The van der Waals surface area contributed by atoms with Gasteiger partial charge in [-0.25, -0.2) is 0 Å². The molecule has 0 aromatic carbocycles. The van der Waals surface area contributed by atoms with Crippen LogP contribution in [0, 0.1) is 0 Å². The van der Waals surface area contributed by atoms with Crippen LogP contribution < -0.4 is 5.32 Å². The third-order valence-electron chi connectivity index (χ3n) is 2.23. The zero-order valence-electron chi connectivity index (χ0n) is 10.3. The molecule has 6 heteroatoms. The molecule has 0 aliphatic carbocycles. The summed E-state index contributed by atoms with van der Waals surface area (Å²) in [5, 5.41) is 15.2. The lowest BCUT2D eigenvalue weighted by atomic mass is 10.2. The van der Waals surface area contributed by atoms with E-state index in [0.29, 0.717) is 18.1 Å². The molecular formula is C11H19N3O3. The van der Waals surface area contributed by atoms with Crippen LogP contribution in [0.25, 0.3) is 0 Å². The number of nitrogens with zero attached hydrogens (tertiary/aromatic N) is 2. The summed E-state index contributed by atoms with van der Waals surface area (Å²) < 4.78 is 5.01. The second kappa shape index (κ2) is 7.01. The molecule has 1 atom stereocenters. The van der Waals surface area contributed by atoms with Crippen LogP contribution >= 0.6 is 0 Å². The molecule has 0 saturated carbocycles. The van der Waals surface area contributed by atoms with Gasteiger partial charge in [-0.05, 0) is 13.3 Å². The number of carbonyl (C=O) groups is 1. The van der Waals surface area contributed by atoms with Crippen molar-refractivity contribution >= 4 is 5.91 Å². The van der Waals surface area contributed by atoms with E-state index in [0.717, 1.165) is 12.8 Å². The SMILES string of the molecule is CCCc1noc(CCC(=O)N[C@H](C)CO)n1. The van der Waals surface area contributed by atoms with E-state index in [4.69, 9.17) is 9.63 Å². The van der Waals surface area contributed by atoms with Gasteiger partial charge in [0, 0.05) is 25.3 Å². The minimum atomic E-state index is -0.221. The minimum Gasteiger partial charge on any atom is -0.394 e. The molecule has 0 aliphatic rings. The lowest BCUT2D eigenvalue weighted by Gasteiger charge is -2.09. The van der Waals surface area contributed by atoms with Gasteiger partial charge >= 0.3 is 0 Å². The largest absolute Gasteiger partial charge is 0.394 e. The standard InChI is InChI=1S/C11H19N3O3/c1-3-4-9-13-11(17-14-9)6-5-10(16)12-8(2)7-15/h8,15H,3-7H2,1-2H3,(H,12,16)/t8-/m1/s1. The van der Waals surface area contributed by atoms with E-state index in [1.165, 1.54) is 0 Å². The van der Waals surface area contributed by atoms with E-state index in [2.05, 4.69) is 15.5 Å². The molecule has 1 aromatic rings. The highest BCUT2D eigenvalue weighted by molar-refractivity contribution is 5.76. The molecule has 2 N–H and O–H groups in total. The molecule has 0 bridgehead atoms. The molecule has 17 heavy (non-hydrogen) atoms. The van der Waals surface area contributed by atoms with Crippen molar-refractivity contribution in [1.82, 2.24) is 15.5 Å². The van der Waals surface area contributed by atoms with Crippen molar-refractivity contribution in [3.05, 3.63) is 11.7 Å². The number of aliphatic hydroxyl groups excluding tert-OH is 1. The number of rotatable bonds is 7. The second-order valence-electron chi connectivity index (χ2n) is 4.01.